The fraction of sp³-hybridized carbons (Fsp3) is 0.429. The second-order valence-electron chi connectivity index (χ2n) is 4.75. The minimum absolute atomic E-state index is 0.105. The summed E-state index contributed by atoms with van der Waals surface area (Å²) in [6.07, 6.45) is 0.733. The van der Waals surface area contributed by atoms with E-state index in [9.17, 15) is 9.59 Å². The molecule has 1 aromatic rings. The predicted octanol–water partition coefficient (Wildman–Crippen LogP) is 1.71. The van der Waals surface area contributed by atoms with Crippen molar-refractivity contribution in [2.24, 2.45) is 5.92 Å². The van der Waals surface area contributed by atoms with Crippen LogP contribution in [0.1, 0.15) is 13.3 Å². The third kappa shape index (κ3) is 3.20. The Hall–Kier alpha value is -2.24. The zero-order valence-electron chi connectivity index (χ0n) is 11.3. The third-order valence-electron chi connectivity index (χ3n) is 3.17. The second-order valence-corrected chi connectivity index (χ2v) is 4.75. The number of carboxylic acids is 1. The van der Waals surface area contributed by atoms with Crippen molar-refractivity contribution in [1.82, 2.24) is 5.32 Å². The quantitative estimate of drug-likeness (QED) is 0.882. The van der Waals surface area contributed by atoms with Gasteiger partial charge in [-0.1, -0.05) is 19.1 Å². The Bertz CT molecular complexity index is 504. The van der Waals surface area contributed by atoms with Crippen LogP contribution in [0.5, 0.6) is 5.75 Å². The van der Waals surface area contributed by atoms with Crippen molar-refractivity contribution < 1.29 is 19.4 Å². The molecule has 1 atom stereocenters. The van der Waals surface area contributed by atoms with E-state index in [1.165, 1.54) is 0 Å². The molecule has 2 rings (SSSR count). The zero-order chi connectivity index (χ0) is 14.5. The van der Waals surface area contributed by atoms with Gasteiger partial charge in [-0.05, 0) is 18.6 Å². The lowest BCUT2D eigenvalue weighted by Gasteiger charge is -2.22. The maximum Gasteiger partial charge on any atom is 0.322 e. The van der Waals surface area contributed by atoms with Crippen LogP contribution in [0.4, 0.5) is 10.5 Å². The van der Waals surface area contributed by atoms with Crippen molar-refractivity contribution in [1.29, 1.82) is 0 Å². The van der Waals surface area contributed by atoms with Crippen LogP contribution in [0.15, 0.2) is 24.3 Å². The number of carbonyl (C=O) groups is 2. The summed E-state index contributed by atoms with van der Waals surface area (Å²) >= 11 is 0. The van der Waals surface area contributed by atoms with Gasteiger partial charge in [-0.3, -0.25) is 9.69 Å². The second kappa shape index (κ2) is 6.27. The lowest BCUT2D eigenvalue weighted by Crippen LogP contribution is -2.43. The molecule has 0 aliphatic carbocycles. The Morgan fingerprint density at radius 2 is 2.20 bits per heavy atom. The number of hydrogen-bond donors (Lipinski definition) is 2. The first-order valence-electron chi connectivity index (χ1n) is 6.59. The number of aliphatic carboxylic acids is 1. The van der Waals surface area contributed by atoms with E-state index >= 15 is 0 Å². The molecule has 0 saturated carbocycles. The van der Waals surface area contributed by atoms with Crippen molar-refractivity contribution in [2.75, 3.05) is 24.6 Å². The molecule has 1 heterocycles. The third-order valence-corrected chi connectivity index (χ3v) is 3.17. The molecule has 0 spiro atoms. The van der Waals surface area contributed by atoms with Gasteiger partial charge in [0.25, 0.3) is 0 Å². The first kappa shape index (κ1) is 14.2. The van der Waals surface area contributed by atoms with Crippen LogP contribution < -0.4 is 15.0 Å². The molecular formula is C14H18N2O4. The van der Waals surface area contributed by atoms with Crippen molar-refractivity contribution in [3.63, 3.8) is 0 Å². The van der Waals surface area contributed by atoms with E-state index in [1.807, 2.05) is 24.3 Å². The first-order chi connectivity index (χ1) is 9.59. The zero-order valence-corrected chi connectivity index (χ0v) is 11.3. The number of benzene rings is 1. The van der Waals surface area contributed by atoms with E-state index in [0.29, 0.717) is 24.6 Å². The van der Waals surface area contributed by atoms with Crippen molar-refractivity contribution in [3.05, 3.63) is 24.3 Å². The molecule has 0 bridgehead atoms. The molecule has 0 saturated heterocycles. The monoisotopic (exact) mass is 278 g/mol. The average Bonchev–Trinajstić information content (AvgIpc) is 2.66. The van der Waals surface area contributed by atoms with Gasteiger partial charge in [-0.15, -0.1) is 0 Å². The number of anilines is 1. The molecule has 1 aliphatic heterocycles. The number of amides is 2. The molecule has 1 unspecified atom stereocenters. The van der Waals surface area contributed by atoms with Gasteiger partial charge in [0.15, 0.2) is 0 Å². The molecule has 2 amide bonds. The summed E-state index contributed by atoms with van der Waals surface area (Å²) in [6, 6.07) is 7.04. The van der Waals surface area contributed by atoms with E-state index in [-0.39, 0.29) is 12.6 Å². The summed E-state index contributed by atoms with van der Waals surface area (Å²) in [4.78, 5) is 24.6. The summed E-state index contributed by atoms with van der Waals surface area (Å²) in [7, 11) is 0. The molecule has 1 aliphatic rings. The van der Waals surface area contributed by atoms with Crippen molar-refractivity contribution >= 4 is 17.7 Å². The summed E-state index contributed by atoms with van der Waals surface area (Å²) < 4.78 is 5.58. The van der Waals surface area contributed by atoms with Crippen molar-refractivity contribution in [3.8, 4) is 5.75 Å². The Labute approximate surface area is 117 Å². The molecule has 0 radical (unpaired) electrons. The topological polar surface area (TPSA) is 78.9 Å². The van der Waals surface area contributed by atoms with E-state index < -0.39 is 11.9 Å². The van der Waals surface area contributed by atoms with Crippen LogP contribution in [0.25, 0.3) is 0 Å². The van der Waals surface area contributed by atoms with Gasteiger partial charge in [-0.2, -0.15) is 0 Å². The van der Waals surface area contributed by atoms with Gasteiger partial charge in [0.1, 0.15) is 5.75 Å². The summed E-state index contributed by atoms with van der Waals surface area (Å²) in [6.45, 7) is 2.77. The van der Waals surface area contributed by atoms with Crippen LogP contribution in [0, 0.1) is 5.92 Å². The summed E-state index contributed by atoms with van der Waals surface area (Å²) in [5.74, 6) is -0.867. The minimum atomic E-state index is -0.926. The average molecular weight is 278 g/mol. The maximum absolute atomic E-state index is 12.2. The lowest BCUT2D eigenvalue weighted by molar-refractivity contribution is -0.140. The molecule has 108 valence electrons. The number of carbonyl (C=O) groups excluding carboxylic acids is 1. The minimum Gasteiger partial charge on any atom is -0.491 e. The van der Waals surface area contributed by atoms with Gasteiger partial charge >= 0.3 is 12.0 Å². The smallest absolute Gasteiger partial charge is 0.322 e. The SMILES string of the molecule is CC(CNC(=O)N1CCCOc2ccccc21)C(=O)O. The van der Waals surface area contributed by atoms with Gasteiger partial charge < -0.3 is 15.2 Å². The molecule has 20 heavy (non-hydrogen) atoms. The van der Waals surface area contributed by atoms with E-state index in [1.54, 1.807) is 11.8 Å². The Morgan fingerprint density at radius 3 is 2.95 bits per heavy atom. The highest BCUT2D eigenvalue weighted by atomic mass is 16.5. The highest BCUT2D eigenvalue weighted by Gasteiger charge is 2.22. The lowest BCUT2D eigenvalue weighted by atomic mass is 10.2. The molecule has 6 nitrogen and oxygen atoms in total. The number of nitrogens with one attached hydrogen (secondary N) is 1. The van der Waals surface area contributed by atoms with Crippen LogP contribution in [-0.4, -0.2) is 36.8 Å². The van der Waals surface area contributed by atoms with E-state index in [2.05, 4.69) is 5.32 Å². The number of hydrogen-bond acceptors (Lipinski definition) is 3. The van der Waals surface area contributed by atoms with E-state index in [4.69, 9.17) is 9.84 Å². The summed E-state index contributed by atoms with van der Waals surface area (Å²) in [5.41, 5.74) is 0.713. The summed E-state index contributed by atoms with van der Waals surface area (Å²) in [5, 5.41) is 11.5. The molecular weight excluding hydrogens is 260 g/mol. The number of ether oxygens (including phenoxy) is 1. The van der Waals surface area contributed by atoms with Crippen LogP contribution in [0.3, 0.4) is 0 Å². The Morgan fingerprint density at radius 1 is 1.45 bits per heavy atom. The number of para-hydroxylation sites is 2. The standard InChI is InChI=1S/C14H18N2O4/c1-10(13(17)18)9-15-14(19)16-7-4-8-20-12-6-3-2-5-11(12)16/h2-3,5-6,10H,4,7-9H2,1H3,(H,15,19)(H,17,18). The Kier molecular flexibility index (Phi) is 4.45. The van der Waals surface area contributed by atoms with E-state index in [0.717, 1.165) is 6.42 Å². The number of urea groups is 1. The maximum atomic E-state index is 12.2. The van der Waals surface area contributed by atoms with Crippen molar-refractivity contribution in [2.45, 2.75) is 13.3 Å². The van der Waals surface area contributed by atoms with Crippen LogP contribution in [0.2, 0.25) is 0 Å². The van der Waals surface area contributed by atoms with Gasteiger partial charge in [0.2, 0.25) is 0 Å². The van der Waals surface area contributed by atoms with Gasteiger partial charge in [0.05, 0.1) is 18.2 Å². The van der Waals surface area contributed by atoms with Crippen LogP contribution in [-0.2, 0) is 4.79 Å². The van der Waals surface area contributed by atoms with Gasteiger partial charge in [0, 0.05) is 13.1 Å². The fourth-order valence-electron chi connectivity index (χ4n) is 1.96. The predicted molar refractivity (Wildman–Crippen MR) is 74.1 cm³/mol. The number of rotatable bonds is 3. The Balaban J connectivity index is 2.08. The molecule has 0 fully saturated rings. The van der Waals surface area contributed by atoms with Gasteiger partial charge in [-0.25, -0.2) is 4.79 Å². The number of nitrogens with zero attached hydrogens (tertiary/aromatic N) is 1. The first-order valence-corrected chi connectivity index (χ1v) is 6.59. The molecule has 2 N–H and O–H groups in total. The number of fused-ring (bicyclic) bond motifs is 1. The number of carboxylic acid groups (broad SMARTS) is 1. The molecule has 0 aromatic heterocycles. The largest absolute Gasteiger partial charge is 0.491 e. The highest BCUT2D eigenvalue weighted by Crippen LogP contribution is 2.30. The molecule has 1 aromatic carbocycles. The normalized spacial score (nSPS) is 15.6. The molecule has 6 heteroatoms. The fourth-order valence-corrected chi connectivity index (χ4v) is 1.96. The van der Waals surface area contributed by atoms with Crippen LogP contribution >= 0.6 is 0 Å². The highest BCUT2D eigenvalue weighted by molar-refractivity contribution is 5.93.